The molecule has 2 N–H and O–H groups in total. The average molecular weight is 304 g/mol. The van der Waals surface area contributed by atoms with Crippen molar-refractivity contribution in [2.75, 3.05) is 26.7 Å². The Labute approximate surface area is 133 Å². The van der Waals surface area contributed by atoms with Crippen molar-refractivity contribution in [1.29, 1.82) is 0 Å². The largest absolute Gasteiger partial charge is 0.496 e. The van der Waals surface area contributed by atoms with Gasteiger partial charge in [-0.25, -0.2) is 0 Å². The van der Waals surface area contributed by atoms with Crippen molar-refractivity contribution < 1.29 is 9.53 Å². The van der Waals surface area contributed by atoms with E-state index in [0.717, 1.165) is 37.2 Å². The zero-order valence-electron chi connectivity index (χ0n) is 13.8. The molecule has 1 aliphatic heterocycles. The molecule has 1 aromatic carbocycles. The van der Waals surface area contributed by atoms with Gasteiger partial charge in [-0.15, -0.1) is 0 Å². The van der Waals surface area contributed by atoms with Gasteiger partial charge in [-0.3, -0.25) is 4.79 Å². The topological polar surface area (TPSA) is 50.4 Å². The first-order valence-electron chi connectivity index (χ1n) is 8.30. The number of carbonyl (C=O) groups is 1. The lowest BCUT2D eigenvalue weighted by Crippen LogP contribution is -2.30. The molecule has 0 unspecified atom stereocenters. The van der Waals surface area contributed by atoms with Crippen LogP contribution in [0.1, 0.15) is 36.8 Å². The first kappa shape index (κ1) is 16.8. The van der Waals surface area contributed by atoms with Crippen molar-refractivity contribution in [3.05, 3.63) is 29.3 Å². The van der Waals surface area contributed by atoms with Gasteiger partial charge in [0.2, 0.25) is 5.91 Å². The lowest BCUT2D eigenvalue weighted by Gasteiger charge is -2.22. The number of ether oxygens (including phenoxy) is 1. The molecule has 0 atom stereocenters. The Balaban J connectivity index is 1.66. The number of amides is 1. The molecule has 0 spiro atoms. The molecular weight excluding hydrogens is 276 g/mol. The molecule has 1 aromatic rings. The van der Waals surface area contributed by atoms with Crippen LogP contribution >= 0.6 is 0 Å². The van der Waals surface area contributed by atoms with Gasteiger partial charge in [0.05, 0.1) is 7.11 Å². The molecule has 1 fully saturated rings. The van der Waals surface area contributed by atoms with Crippen LogP contribution < -0.4 is 15.4 Å². The third kappa shape index (κ3) is 5.34. The third-order valence-electron chi connectivity index (χ3n) is 4.45. The highest BCUT2D eigenvalue weighted by Crippen LogP contribution is 2.19. The number of nitrogens with one attached hydrogen (secondary N) is 2. The Bertz CT molecular complexity index is 482. The molecule has 0 saturated carbocycles. The SMILES string of the molecule is COc1cc(CCNC(=O)CCC2CCNCC2)ccc1C. The molecular formula is C18H28N2O2. The van der Waals surface area contributed by atoms with E-state index in [1.54, 1.807) is 7.11 Å². The second kappa shape index (κ2) is 8.79. The Hall–Kier alpha value is -1.55. The molecule has 0 radical (unpaired) electrons. The summed E-state index contributed by atoms with van der Waals surface area (Å²) in [5.74, 6) is 1.81. The summed E-state index contributed by atoms with van der Waals surface area (Å²) in [4.78, 5) is 11.9. The molecule has 4 heteroatoms. The molecule has 1 heterocycles. The number of carbonyl (C=O) groups excluding carboxylic acids is 1. The van der Waals surface area contributed by atoms with Gasteiger partial charge in [0.25, 0.3) is 0 Å². The number of hydrogen-bond acceptors (Lipinski definition) is 3. The maximum absolute atomic E-state index is 11.9. The van der Waals surface area contributed by atoms with Crippen LogP contribution in [0.15, 0.2) is 18.2 Å². The molecule has 0 bridgehead atoms. The summed E-state index contributed by atoms with van der Waals surface area (Å²) in [5, 5.41) is 6.38. The number of piperidine rings is 1. The highest BCUT2D eigenvalue weighted by molar-refractivity contribution is 5.75. The summed E-state index contributed by atoms with van der Waals surface area (Å²) < 4.78 is 5.33. The first-order valence-corrected chi connectivity index (χ1v) is 8.30. The predicted octanol–water partition coefficient (Wildman–Crippen LogP) is 2.44. The van der Waals surface area contributed by atoms with E-state index in [4.69, 9.17) is 4.74 Å². The van der Waals surface area contributed by atoms with Gasteiger partial charge in [0, 0.05) is 13.0 Å². The molecule has 122 valence electrons. The third-order valence-corrected chi connectivity index (χ3v) is 4.45. The van der Waals surface area contributed by atoms with Gasteiger partial charge in [0.1, 0.15) is 5.75 Å². The number of rotatable bonds is 7. The average Bonchev–Trinajstić information content (AvgIpc) is 2.55. The summed E-state index contributed by atoms with van der Waals surface area (Å²) in [5.41, 5.74) is 2.33. The lowest BCUT2D eigenvalue weighted by molar-refractivity contribution is -0.121. The van der Waals surface area contributed by atoms with Crippen molar-refractivity contribution in [3.8, 4) is 5.75 Å². The van der Waals surface area contributed by atoms with Crippen LogP contribution in [0.3, 0.4) is 0 Å². The standard InChI is InChI=1S/C18H28N2O2/c1-14-3-4-16(13-17(14)22-2)9-12-20-18(21)6-5-15-7-10-19-11-8-15/h3-4,13,15,19H,5-12H2,1-2H3,(H,20,21). The normalized spacial score (nSPS) is 15.5. The van der Waals surface area contributed by atoms with Crippen LogP contribution in [-0.2, 0) is 11.2 Å². The van der Waals surface area contributed by atoms with Crippen molar-refractivity contribution >= 4 is 5.91 Å². The summed E-state index contributed by atoms with van der Waals surface area (Å²) in [6.45, 7) is 4.92. The lowest BCUT2D eigenvalue weighted by atomic mass is 9.93. The van der Waals surface area contributed by atoms with E-state index < -0.39 is 0 Å². The fourth-order valence-corrected chi connectivity index (χ4v) is 2.96. The van der Waals surface area contributed by atoms with E-state index in [1.807, 2.05) is 6.92 Å². The maximum atomic E-state index is 11.9. The Morgan fingerprint density at radius 3 is 2.86 bits per heavy atom. The quantitative estimate of drug-likeness (QED) is 0.813. The van der Waals surface area contributed by atoms with Gasteiger partial charge >= 0.3 is 0 Å². The van der Waals surface area contributed by atoms with Crippen molar-refractivity contribution in [3.63, 3.8) is 0 Å². The first-order chi connectivity index (χ1) is 10.7. The summed E-state index contributed by atoms with van der Waals surface area (Å²) in [6.07, 6.45) is 4.93. The fourth-order valence-electron chi connectivity index (χ4n) is 2.96. The van der Waals surface area contributed by atoms with Gasteiger partial charge < -0.3 is 15.4 Å². The molecule has 2 rings (SSSR count). The van der Waals surface area contributed by atoms with Crippen LogP contribution in [0.2, 0.25) is 0 Å². The molecule has 0 aliphatic carbocycles. The smallest absolute Gasteiger partial charge is 0.220 e. The second-order valence-corrected chi connectivity index (χ2v) is 6.14. The van der Waals surface area contributed by atoms with E-state index in [9.17, 15) is 4.79 Å². The molecule has 4 nitrogen and oxygen atoms in total. The van der Waals surface area contributed by atoms with Crippen LogP contribution in [-0.4, -0.2) is 32.7 Å². The number of benzene rings is 1. The van der Waals surface area contributed by atoms with Crippen molar-refractivity contribution in [2.45, 2.75) is 39.0 Å². The molecule has 22 heavy (non-hydrogen) atoms. The zero-order chi connectivity index (χ0) is 15.8. The van der Waals surface area contributed by atoms with Gasteiger partial charge in [-0.05, 0) is 68.8 Å². The van der Waals surface area contributed by atoms with E-state index in [1.165, 1.54) is 18.4 Å². The molecule has 1 saturated heterocycles. The number of aryl methyl sites for hydroxylation is 1. The van der Waals surface area contributed by atoms with Crippen molar-refractivity contribution in [1.82, 2.24) is 10.6 Å². The van der Waals surface area contributed by atoms with E-state index >= 15 is 0 Å². The Morgan fingerprint density at radius 1 is 1.36 bits per heavy atom. The second-order valence-electron chi connectivity index (χ2n) is 6.14. The maximum Gasteiger partial charge on any atom is 0.220 e. The summed E-state index contributed by atoms with van der Waals surface area (Å²) in [7, 11) is 1.69. The van der Waals surface area contributed by atoms with E-state index in [0.29, 0.717) is 18.9 Å². The fraction of sp³-hybridized carbons (Fsp3) is 0.611. The van der Waals surface area contributed by atoms with Crippen LogP contribution in [0, 0.1) is 12.8 Å². The predicted molar refractivity (Wildman–Crippen MR) is 89.3 cm³/mol. The summed E-state index contributed by atoms with van der Waals surface area (Å²) >= 11 is 0. The minimum absolute atomic E-state index is 0.178. The van der Waals surface area contributed by atoms with Gasteiger partial charge in [-0.1, -0.05) is 12.1 Å². The van der Waals surface area contributed by atoms with Crippen LogP contribution in [0.5, 0.6) is 5.75 Å². The van der Waals surface area contributed by atoms with E-state index in [-0.39, 0.29) is 5.91 Å². The van der Waals surface area contributed by atoms with Crippen LogP contribution in [0.25, 0.3) is 0 Å². The number of hydrogen-bond donors (Lipinski definition) is 2. The minimum atomic E-state index is 0.178. The monoisotopic (exact) mass is 304 g/mol. The Kier molecular flexibility index (Phi) is 6.72. The molecule has 1 amide bonds. The van der Waals surface area contributed by atoms with E-state index in [2.05, 4.69) is 28.8 Å². The highest BCUT2D eigenvalue weighted by Gasteiger charge is 2.14. The van der Waals surface area contributed by atoms with Crippen molar-refractivity contribution in [2.24, 2.45) is 5.92 Å². The van der Waals surface area contributed by atoms with Gasteiger partial charge in [0.15, 0.2) is 0 Å². The minimum Gasteiger partial charge on any atom is -0.496 e. The highest BCUT2D eigenvalue weighted by atomic mass is 16.5. The number of methoxy groups -OCH3 is 1. The zero-order valence-corrected chi connectivity index (χ0v) is 13.8. The summed E-state index contributed by atoms with van der Waals surface area (Å²) in [6, 6.07) is 6.21. The molecule has 0 aromatic heterocycles. The molecule has 1 aliphatic rings. The Morgan fingerprint density at radius 2 is 2.14 bits per heavy atom. The van der Waals surface area contributed by atoms with Gasteiger partial charge in [-0.2, -0.15) is 0 Å². The van der Waals surface area contributed by atoms with Crippen LogP contribution in [0.4, 0.5) is 0 Å².